The molecule has 0 aliphatic rings. The second kappa shape index (κ2) is 10.1. The van der Waals surface area contributed by atoms with Gasteiger partial charge in [-0.15, -0.1) is 23.1 Å². The fraction of sp³-hybridized carbons (Fsp3) is 0.316. The van der Waals surface area contributed by atoms with E-state index in [-0.39, 0.29) is 23.9 Å². The zero-order chi connectivity index (χ0) is 19.8. The lowest BCUT2D eigenvalue weighted by molar-refractivity contribution is -0.134. The number of carboxylic acids is 1. The van der Waals surface area contributed by atoms with Crippen LogP contribution >= 0.6 is 23.1 Å². The molecule has 0 bridgehead atoms. The lowest BCUT2D eigenvalue weighted by atomic mass is 10.0. The fourth-order valence-electron chi connectivity index (χ4n) is 2.29. The van der Waals surface area contributed by atoms with Crippen molar-refractivity contribution in [3.05, 3.63) is 46.3 Å². The van der Waals surface area contributed by atoms with E-state index in [0.29, 0.717) is 27.6 Å². The molecule has 0 aliphatic heterocycles. The lowest BCUT2D eigenvalue weighted by Crippen LogP contribution is -2.14. The summed E-state index contributed by atoms with van der Waals surface area (Å²) < 4.78 is 5.11. The fourth-order valence-corrected chi connectivity index (χ4v) is 3.95. The van der Waals surface area contributed by atoms with E-state index in [2.05, 4.69) is 5.32 Å². The van der Waals surface area contributed by atoms with E-state index in [1.807, 2.05) is 13.0 Å². The number of anilines is 1. The van der Waals surface area contributed by atoms with Crippen LogP contribution in [0.4, 0.5) is 5.00 Å². The van der Waals surface area contributed by atoms with E-state index in [0.717, 1.165) is 11.3 Å². The zero-order valence-electron chi connectivity index (χ0n) is 15.1. The standard InChI is InChI=1S/C19H21NO5S2/c1-3-14-10-15(18(24)12-4-6-13(25-2)7-5-12)19(27-14)20-16(21)8-9-26-11-17(22)23/h4-7,10H,3,8-9,11H2,1-2H3,(H,20,21)(H,22,23). The third kappa shape index (κ3) is 6.11. The van der Waals surface area contributed by atoms with Crippen LogP contribution < -0.4 is 10.1 Å². The molecule has 1 aromatic carbocycles. The lowest BCUT2D eigenvalue weighted by Gasteiger charge is -2.06. The van der Waals surface area contributed by atoms with Crippen LogP contribution in [0.15, 0.2) is 30.3 Å². The number of nitrogens with one attached hydrogen (secondary N) is 1. The zero-order valence-corrected chi connectivity index (χ0v) is 16.7. The number of ketones is 1. The quantitative estimate of drug-likeness (QED) is 0.461. The number of aryl methyl sites for hydroxylation is 1. The van der Waals surface area contributed by atoms with Gasteiger partial charge in [-0.2, -0.15) is 0 Å². The first-order valence-electron chi connectivity index (χ1n) is 8.35. The summed E-state index contributed by atoms with van der Waals surface area (Å²) in [5, 5.41) is 11.9. The maximum atomic E-state index is 12.9. The number of carbonyl (C=O) groups excluding carboxylic acids is 2. The number of amides is 1. The van der Waals surface area contributed by atoms with Crippen molar-refractivity contribution in [3.8, 4) is 5.75 Å². The second-order valence-electron chi connectivity index (χ2n) is 5.61. The Morgan fingerprint density at radius 2 is 1.93 bits per heavy atom. The molecule has 1 heterocycles. The van der Waals surface area contributed by atoms with Crippen molar-refractivity contribution in [1.29, 1.82) is 0 Å². The van der Waals surface area contributed by atoms with Crippen LogP contribution in [0.2, 0.25) is 0 Å². The van der Waals surface area contributed by atoms with Gasteiger partial charge in [0.25, 0.3) is 0 Å². The van der Waals surface area contributed by atoms with Crippen molar-refractivity contribution >= 4 is 45.8 Å². The van der Waals surface area contributed by atoms with Crippen LogP contribution in [0, 0.1) is 0 Å². The van der Waals surface area contributed by atoms with Crippen LogP contribution in [0.25, 0.3) is 0 Å². The molecule has 1 aromatic heterocycles. The summed E-state index contributed by atoms with van der Waals surface area (Å²) in [6, 6.07) is 8.64. The smallest absolute Gasteiger partial charge is 0.313 e. The Bertz CT molecular complexity index is 814. The number of carbonyl (C=O) groups is 3. The number of ether oxygens (including phenoxy) is 1. The summed E-state index contributed by atoms with van der Waals surface area (Å²) in [6.07, 6.45) is 0.950. The monoisotopic (exact) mass is 407 g/mol. The van der Waals surface area contributed by atoms with Crippen molar-refractivity contribution in [2.75, 3.05) is 23.9 Å². The molecule has 6 nitrogen and oxygen atoms in total. The number of methoxy groups -OCH3 is 1. The molecule has 0 unspecified atom stereocenters. The van der Waals surface area contributed by atoms with Crippen LogP contribution in [-0.2, 0) is 16.0 Å². The molecule has 0 aliphatic carbocycles. The van der Waals surface area contributed by atoms with E-state index in [9.17, 15) is 14.4 Å². The Morgan fingerprint density at radius 3 is 2.52 bits per heavy atom. The topological polar surface area (TPSA) is 92.7 Å². The van der Waals surface area contributed by atoms with Gasteiger partial charge in [-0.25, -0.2) is 0 Å². The summed E-state index contributed by atoms with van der Waals surface area (Å²) in [5.74, 6) is -0.262. The number of benzene rings is 1. The van der Waals surface area contributed by atoms with Crippen molar-refractivity contribution in [2.45, 2.75) is 19.8 Å². The van der Waals surface area contributed by atoms with Crippen molar-refractivity contribution in [2.24, 2.45) is 0 Å². The predicted molar refractivity (Wildman–Crippen MR) is 108 cm³/mol. The van der Waals surface area contributed by atoms with E-state index in [1.165, 1.54) is 23.1 Å². The first kappa shape index (κ1) is 21.0. The summed E-state index contributed by atoms with van der Waals surface area (Å²) in [7, 11) is 1.56. The maximum Gasteiger partial charge on any atom is 0.313 e. The molecule has 1 amide bonds. The largest absolute Gasteiger partial charge is 0.497 e. The third-order valence-electron chi connectivity index (χ3n) is 3.68. The Morgan fingerprint density at radius 1 is 1.22 bits per heavy atom. The van der Waals surface area contributed by atoms with Gasteiger partial charge in [0.1, 0.15) is 10.8 Å². The van der Waals surface area contributed by atoms with Gasteiger partial charge in [-0.05, 0) is 36.8 Å². The summed E-state index contributed by atoms with van der Waals surface area (Å²) in [4.78, 5) is 36.5. The number of aliphatic carboxylic acids is 1. The van der Waals surface area contributed by atoms with Crippen molar-refractivity contribution < 1.29 is 24.2 Å². The van der Waals surface area contributed by atoms with E-state index < -0.39 is 5.97 Å². The number of carboxylic acid groups (broad SMARTS) is 1. The molecule has 0 fully saturated rings. The molecule has 0 saturated heterocycles. The molecule has 0 atom stereocenters. The number of thiophene rings is 1. The molecule has 0 spiro atoms. The molecule has 144 valence electrons. The SMILES string of the molecule is CCc1cc(C(=O)c2ccc(OC)cc2)c(NC(=O)CCSCC(=O)O)s1. The number of thioether (sulfide) groups is 1. The van der Waals surface area contributed by atoms with Gasteiger partial charge in [-0.3, -0.25) is 14.4 Å². The van der Waals surface area contributed by atoms with Crippen LogP contribution in [0.1, 0.15) is 34.1 Å². The average molecular weight is 408 g/mol. The van der Waals surface area contributed by atoms with E-state index in [1.54, 1.807) is 31.4 Å². The first-order valence-corrected chi connectivity index (χ1v) is 10.3. The molecule has 27 heavy (non-hydrogen) atoms. The van der Waals surface area contributed by atoms with Gasteiger partial charge in [0.2, 0.25) is 5.91 Å². The Kier molecular flexibility index (Phi) is 7.87. The molecular formula is C19H21NO5S2. The summed E-state index contributed by atoms with van der Waals surface area (Å²) in [5.41, 5.74) is 0.984. The van der Waals surface area contributed by atoms with Gasteiger partial charge >= 0.3 is 5.97 Å². The maximum absolute atomic E-state index is 12.9. The van der Waals surface area contributed by atoms with Gasteiger partial charge in [0.15, 0.2) is 5.78 Å². The highest BCUT2D eigenvalue weighted by Gasteiger charge is 2.19. The van der Waals surface area contributed by atoms with Crippen molar-refractivity contribution in [3.63, 3.8) is 0 Å². The van der Waals surface area contributed by atoms with Gasteiger partial charge in [0, 0.05) is 22.6 Å². The molecule has 8 heteroatoms. The highest BCUT2D eigenvalue weighted by molar-refractivity contribution is 7.99. The number of hydrogen-bond donors (Lipinski definition) is 2. The molecule has 0 saturated carbocycles. The Hall–Kier alpha value is -2.32. The van der Waals surface area contributed by atoms with Crippen LogP contribution in [0.5, 0.6) is 5.75 Å². The number of hydrogen-bond acceptors (Lipinski definition) is 6. The van der Waals surface area contributed by atoms with Gasteiger partial charge in [0.05, 0.1) is 18.4 Å². The molecule has 2 N–H and O–H groups in total. The van der Waals surface area contributed by atoms with Crippen LogP contribution in [-0.4, -0.2) is 41.4 Å². The van der Waals surface area contributed by atoms with Gasteiger partial charge < -0.3 is 15.2 Å². The highest BCUT2D eigenvalue weighted by Crippen LogP contribution is 2.31. The predicted octanol–water partition coefficient (Wildman–Crippen LogP) is 3.70. The molecule has 2 rings (SSSR count). The van der Waals surface area contributed by atoms with E-state index >= 15 is 0 Å². The number of rotatable bonds is 10. The normalized spacial score (nSPS) is 10.4. The van der Waals surface area contributed by atoms with E-state index in [4.69, 9.17) is 9.84 Å². The third-order valence-corrected chi connectivity index (χ3v) is 5.82. The average Bonchev–Trinajstić information content (AvgIpc) is 3.07. The molecule has 2 aromatic rings. The van der Waals surface area contributed by atoms with Crippen LogP contribution in [0.3, 0.4) is 0 Å². The van der Waals surface area contributed by atoms with Crippen molar-refractivity contribution in [1.82, 2.24) is 0 Å². The molecule has 0 radical (unpaired) electrons. The minimum atomic E-state index is -0.904. The Labute approximate surface area is 165 Å². The summed E-state index contributed by atoms with van der Waals surface area (Å²) in [6.45, 7) is 1.99. The minimum absolute atomic E-state index is 0.0343. The second-order valence-corrected chi connectivity index (χ2v) is 7.85. The highest BCUT2D eigenvalue weighted by atomic mass is 32.2. The minimum Gasteiger partial charge on any atom is -0.497 e. The first-order chi connectivity index (χ1) is 12.9. The Balaban J connectivity index is 2.10. The molecular weight excluding hydrogens is 386 g/mol. The summed E-state index contributed by atoms with van der Waals surface area (Å²) >= 11 is 2.57. The van der Waals surface area contributed by atoms with Gasteiger partial charge in [-0.1, -0.05) is 6.92 Å².